The summed E-state index contributed by atoms with van der Waals surface area (Å²) in [6, 6.07) is 11.1. The van der Waals surface area contributed by atoms with E-state index in [1.165, 1.54) is 6.21 Å². The fourth-order valence-corrected chi connectivity index (χ4v) is 3.27. The van der Waals surface area contributed by atoms with Crippen molar-refractivity contribution in [2.75, 3.05) is 19.0 Å². The van der Waals surface area contributed by atoms with Gasteiger partial charge in [-0.2, -0.15) is 5.10 Å². The third-order valence-corrected chi connectivity index (χ3v) is 4.74. The number of carbonyl (C=O) groups is 2. The number of amides is 2. The molecule has 0 heterocycles. The highest BCUT2D eigenvalue weighted by Crippen LogP contribution is 2.33. The number of hydrogen-bond donors (Lipinski definition) is 2. The Hall–Kier alpha value is -2.62. The summed E-state index contributed by atoms with van der Waals surface area (Å²) in [7, 11) is 1.57. The van der Waals surface area contributed by atoms with Gasteiger partial charge < -0.3 is 14.8 Å². The molecule has 0 atom stereocenters. The van der Waals surface area contributed by atoms with Crippen LogP contribution in [0.4, 0.5) is 5.69 Å². The molecule has 2 rings (SSSR count). The van der Waals surface area contributed by atoms with Crippen molar-refractivity contribution in [1.29, 1.82) is 0 Å². The Labute approximate surface area is 184 Å². The second-order valence-corrected chi connectivity index (χ2v) is 7.29. The van der Waals surface area contributed by atoms with Crippen LogP contribution in [-0.4, -0.2) is 31.7 Å². The lowest BCUT2D eigenvalue weighted by molar-refractivity contribution is -0.124. The molecule has 0 fully saturated rings. The maximum Gasteiger partial charge on any atom is 0.240 e. The van der Waals surface area contributed by atoms with Crippen LogP contribution >= 0.6 is 22.6 Å². The van der Waals surface area contributed by atoms with Crippen molar-refractivity contribution in [3.05, 3.63) is 51.1 Å². The van der Waals surface area contributed by atoms with E-state index in [0.717, 1.165) is 20.4 Å². The zero-order valence-corrected chi connectivity index (χ0v) is 18.8. The topological polar surface area (TPSA) is 89.0 Å². The van der Waals surface area contributed by atoms with Crippen molar-refractivity contribution in [3.8, 4) is 11.5 Å². The Morgan fingerprint density at radius 3 is 2.59 bits per heavy atom. The molecule has 0 aromatic heterocycles. The lowest BCUT2D eigenvalue weighted by Crippen LogP contribution is -2.20. The highest BCUT2D eigenvalue weighted by atomic mass is 127. The first kappa shape index (κ1) is 22.7. The molecule has 0 aliphatic heterocycles. The SMILES string of the molecule is CCOc1c(I)cc(C=NNC(=O)CCC(=O)Nc2ccccc2C)cc1OC. The van der Waals surface area contributed by atoms with Gasteiger partial charge >= 0.3 is 0 Å². The van der Waals surface area contributed by atoms with Crippen molar-refractivity contribution in [2.24, 2.45) is 5.10 Å². The zero-order valence-electron chi connectivity index (χ0n) is 16.6. The van der Waals surface area contributed by atoms with E-state index >= 15 is 0 Å². The minimum Gasteiger partial charge on any atom is -0.493 e. The number of ether oxygens (including phenoxy) is 2. The Bertz CT molecular complexity index is 899. The molecule has 29 heavy (non-hydrogen) atoms. The van der Waals surface area contributed by atoms with Crippen LogP contribution in [-0.2, 0) is 9.59 Å². The van der Waals surface area contributed by atoms with Crippen molar-refractivity contribution in [1.82, 2.24) is 5.43 Å². The van der Waals surface area contributed by atoms with Gasteiger partial charge in [0.05, 0.1) is 23.5 Å². The molecule has 0 bridgehead atoms. The van der Waals surface area contributed by atoms with Crippen molar-refractivity contribution in [2.45, 2.75) is 26.7 Å². The van der Waals surface area contributed by atoms with Crippen LogP contribution in [0.15, 0.2) is 41.5 Å². The van der Waals surface area contributed by atoms with E-state index in [4.69, 9.17) is 9.47 Å². The van der Waals surface area contributed by atoms with Gasteiger partial charge in [-0.05, 0) is 65.8 Å². The molecule has 2 aromatic rings. The van der Waals surface area contributed by atoms with Crippen LogP contribution in [0.5, 0.6) is 11.5 Å². The highest BCUT2D eigenvalue weighted by Gasteiger charge is 2.11. The van der Waals surface area contributed by atoms with Crippen LogP contribution in [0.25, 0.3) is 0 Å². The van der Waals surface area contributed by atoms with Crippen molar-refractivity contribution in [3.63, 3.8) is 0 Å². The number of anilines is 1. The van der Waals surface area contributed by atoms with Crippen LogP contribution in [0.3, 0.4) is 0 Å². The van der Waals surface area contributed by atoms with E-state index < -0.39 is 0 Å². The number of nitrogens with one attached hydrogen (secondary N) is 2. The summed E-state index contributed by atoms with van der Waals surface area (Å²) >= 11 is 2.16. The predicted molar refractivity (Wildman–Crippen MR) is 122 cm³/mol. The fourth-order valence-electron chi connectivity index (χ4n) is 2.49. The smallest absolute Gasteiger partial charge is 0.240 e. The summed E-state index contributed by atoms with van der Waals surface area (Å²) in [4.78, 5) is 23.9. The number of para-hydroxylation sites is 1. The number of aryl methyl sites for hydroxylation is 1. The molecule has 0 saturated carbocycles. The predicted octanol–water partition coefficient (Wildman–Crippen LogP) is 3.88. The third-order valence-electron chi connectivity index (χ3n) is 3.94. The van der Waals surface area contributed by atoms with Crippen LogP contribution in [0, 0.1) is 10.5 Å². The van der Waals surface area contributed by atoms with Crippen LogP contribution in [0.2, 0.25) is 0 Å². The van der Waals surface area contributed by atoms with Gasteiger partial charge in [-0.3, -0.25) is 9.59 Å². The average Bonchev–Trinajstić information content (AvgIpc) is 2.70. The molecule has 2 N–H and O–H groups in total. The summed E-state index contributed by atoms with van der Waals surface area (Å²) in [6.07, 6.45) is 1.63. The first-order chi connectivity index (χ1) is 13.9. The third kappa shape index (κ3) is 7.04. The second-order valence-electron chi connectivity index (χ2n) is 6.12. The minimum atomic E-state index is -0.339. The van der Waals surface area contributed by atoms with Gasteiger partial charge in [0.15, 0.2) is 11.5 Å². The molecule has 0 aliphatic carbocycles. The fraction of sp³-hybridized carbons (Fsp3) is 0.286. The summed E-state index contributed by atoms with van der Waals surface area (Å²) in [5.74, 6) is 0.717. The van der Waals surface area contributed by atoms with Gasteiger partial charge in [-0.15, -0.1) is 0 Å². The van der Waals surface area contributed by atoms with E-state index in [1.54, 1.807) is 13.2 Å². The Morgan fingerprint density at radius 1 is 1.17 bits per heavy atom. The molecular formula is C21H24IN3O4. The molecule has 0 aliphatic rings. The van der Waals surface area contributed by atoms with E-state index in [2.05, 4.69) is 38.4 Å². The molecule has 0 radical (unpaired) electrons. The number of rotatable bonds is 9. The first-order valence-corrected chi connectivity index (χ1v) is 10.2. The first-order valence-electron chi connectivity index (χ1n) is 9.12. The number of nitrogens with zero attached hydrogens (tertiary/aromatic N) is 1. The molecule has 0 unspecified atom stereocenters. The van der Waals surface area contributed by atoms with E-state index in [0.29, 0.717) is 18.1 Å². The van der Waals surface area contributed by atoms with Gasteiger partial charge in [0, 0.05) is 18.5 Å². The van der Waals surface area contributed by atoms with E-state index in [1.807, 2.05) is 44.2 Å². The molecule has 2 aromatic carbocycles. The molecule has 7 nitrogen and oxygen atoms in total. The van der Waals surface area contributed by atoms with Gasteiger partial charge in [0.1, 0.15) is 0 Å². The Kier molecular flexibility index (Phi) is 8.91. The zero-order chi connectivity index (χ0) is 21.2. The van der Waals surface area contributed by atoms with Gasteiger partial charge in [0.25, 0.3) is 0 Å². The lowest BCUT2D eigenvalue weighted by Gasteiger charge is -2.12. The largest absolute Gasteiger partial charge is 0.493 e. The summed E-state index contributed by atoms with van der Waals surface area (Å²) < 4.78 is 11.8. The Morgan fingerprint density at radius 2 is 1.90 bits per heavy atom. The monoisotopic (exact) mass is 509 g/mol. The van der Waals surface area contributed by atoms with Crippen LogP contribution in [0.1, 0.15) is 30.9 Å². The molecule has 0 saturated heterocycles. The van der Waals surface area contributed by atoms with Gasteiger partial charge in [0.2, 0.25) is 11.8 Å². The average molecular weight is 509 g/mol. The molecular weight excluding hydrogens is 485 g/mol. The normalized spacial score (nSPS) is 10.6. The summed E-state index contributed by atoms with van der Waals surface area (Å²) in [6.45, 7) is 4.35. The standard InChI is InChI=1S/C21H24IN3O4/c1-4-29-21-16(22)11-15(12-18(21)28-3)13-23-25-20(27)10-9-19(26)24-17-8-6-5-7-14(17)2/h5-8,11-13H,4,9-10H2,1-3H3,(H,24,26)(H,25,27). The Balaban J connectivity index is 1.85. The van der Waals surface area contributed by atoms with Gasteiger partial charge in [-0.25, -0.2) is 5.43 Å². The minimum absolute atomic E-state index is 0.0409. The van der Waals surface area contributed by atoms with Gasteiger partial charge in [-0.1, -0.05) is 18.2 Å². The molecule has 154 valence electrons. The number of halogens is 1. The summed E-state index contributed by atoms with van der Waals surface area (Å²) in [5.41, 5.74) is 4.90. The molecule has 0 spiro atoms. The molecule has 8 heteroatoms. The quantitative estimate of drug-likeness (QED) is 0.305. The number of hydrazone groups is 1. The number of benzene rings is 2. The number of carbonyl (C=O) groups excluding carboxylic acids is 2. The van der Waals surface area contributed by atoms with Crippen molar-refractivity contribution < 1.29 is 19.1 Å². The maximum absolute atomic E-state index is 12.0. The number of hydrogen-bond acceptors (Lipinski definition) is 5. The highest BCUT2D eigenvalue weighted by molar-refractivity contribution is 14.1. The lowest BCUT2D eigenvalue weighted by atomic mass is 10.2. The summed E-state index contributed by atoms with van der Waals surface area (Å²) in [5, 5.41) is 6.75. The van der Waals surface area contributed by atoms with Crippen LogP contribution < -0.4 is 20.2 Å². The van der Waals surface area contributed by atoms with E-state index in [9.17, 15) is 9.59 Å². The molecule has 2 amide bonds. The number of methoxy groups -OCH3 is 1. The van der Waals surface area contributed by atoms with E-state index in [-0.39, 0.29) is 24.7 Å². The maximum atomic E-state index is 12.0. The van der Waals surface area contributed by atoms with Crippen molar-refractivity contribution >= 4 is 46.3 Å². The second kappa shape index (κ2) is 11.4.